The zero-order valence-corrected chi connectivity index (χ0v) is 8.86. The average molecular weight is 213 g/mol. The molecule has 0 amide bonds. The minimum atomic E-state index is -0.0397. The number of rotatable bonds is 3. The van der Waals surface area contributed by atoms with Gasteiger partial charge in [0.2, 0.25) is 0 Å². The van der Waals surface area contributed by atoms with Gasteiger partial charge in [0.25, 0.3) is 0 Å². The first-order valence-electron chi connectivity index (χ1n) is 4.68. The number of aliphatic hydroxyl groups is 1. The Morgan fingerprint density at radius 2 is 2.12 bits per heavy atom. The normalized spacial score (nSPS) is 8.75. The molecule has 0 unspecified atom stereocenters. The Balaban J connectivity index is 2.94. The summed E-state index contributed by atoms with van der Waals surface area (Å²) in [5.74, 6) is 0. The molecule has 0 aliphatic heterocycles. The fourth-order valence-corrected chi connectivity index (χ4v) is 1.16. The first-order valence-corrected chi connectivity index (χ1v) is 4.68. The Kier molecular flexibility index (Phi) is 4.08. The van der Waals surface area contributed by atoms with Crippen molar-refractivity contribution in [3.8, 4) is 12.1 Å². The Morgan fingerprint density at radius 3 is 2.69 bits per heavy atom. The smallest absolute Gasteiger partial charge is 0.145 e. The van der Waals surface area contributed by atoms with Crippen molar-refractivity contribution in [2.75, 3.05) is 5.32 Å². The largest absolute Gasteiger partial charge is 0.392 e. The summed E-state index contributed by atoms with van der Waals surface area (Å²) in [7, 11) is 0. The highest BCUT2D eigenvalue weighted by molar-refractivity contribution is 5.56. The summed E-state index contributed by atoms with van der Waals surface area (Å²) < 4.78 is 0. The second-order valence-corrected chi connectivity index (χ2v) is 3.23. The maximum absolute atomic E-state index is 8.97. The molecule has 80 valence electrons. The zero-order valence-electron chi connectivity index (χ0n) is 8.86. The summed E-state index contributed by atoms with van der Waals surface area (Å²) in [6.45, 7) is 1.86. The molecular formula is C12H11N3O. The highest BCUT2D eigenvalue weighted by Crippen LogP contribution is 2.17. The van der Waals surface area contributed by atoms with Crippen molar-refractivity contribution in [3.05, 3.63) is 41.1 Å². The number of nitrogens with zero attached hydrogens (tertiary/aromatic N) is 2. The molecule has 2 N–H and O–H groups in total. The molecule has 0 bridgehead atoms. The SMILES string of the molecule is Cc1ccc(CO)cc1NC=C(C#N)C#N. The zero-order chi connectivity index (χ0) is 12.0. The third kappa shape index (κ3) is 2.84. The molecule has 0 spiro atoms. The number of hydrogen-bond donors (Lipinski definition) is 2. The standard InChI is InChI=1S/C12H11N3O/c1-9-2-3-10(8-16)4-12(9)15-7-11(5-13)6-14/h2-4,7,15-16H,8H2,1H3. The Bertz CT molecular complexity index is 476. The molecule has 4 heteroatoms. The predicted molar refractivity (Wildman–Crippen MR) is 60.0 cm³/mol. The summed E-state index contributed by atoms with van der Waals surface area (Å²) >= 11 is 0. The molecule has 0 heterocycles. The van der Waals surface area contributed by atoms with Gasteiger partial charge < -0.3 is 10.4 Å². The predicted octanol–water partition coefficient (Wildman–Crippen LogP) is 1.83. The molecule has 1 aromatic carbocycles. The fourth-order valence-electron chi connectivity index (χ4n) is 1.16. The second kappa shape index (κ2) is 5.55. The summed E-state index contributed by atoms with van der Waals surface area (Å²) in [6.07, 6.45) is 1.35. The van der Waals surface area contributed by atoms with Gasteiger partial charge in [-0.05, 0) is 24.1 Å². The van der Waals surface area contributed by atoms with Crippen molar-refractivity contribution in [1.29, 1.82) is 10.5 Å². The minimum Gasteiger partial charge on any atom is -0.392 e. The van der Waals surface area contributed by atoms with E-state index in [2.05, 4.69) is 5.32 Å². The summed E-state index contributed by atoms with van der Waals surface area (Å²) in [6, 6.07) is 8.97. The van der Waals surface area contributed by atoms with E-state index in [1.807, 2.05) is 19.1 Å². The molecule has 0 fully saturated rings. The van der Waals surface area contributed by atoms with Gasteiger partial charge in [0.15, 0.2) is 0 Å². The van der Waals surface area contributed by atoms with Gasteiger partial charge in [-0.2, -0.15) is 10.5 Å². The molecule has 4 nitrogen and oxygen atoms in total. The molecule has 0 aromatic heterocycles. The monoisotopic (exact) mass is 213 g/mol. The number of hydrogen-bond acceptors (Lipinski definition) is 4. The van der Waals surface area contributed by atoms with E-state index in [-0.39, 0.29) is 12.2 Å². The number of anilines is 1. The Morgan fingerprint density at radius 1 is 1.44 bits per heavy atom. The lowest BCUT2D eigenvalue weighted by Gasteiger charge is -2.07. The van der Waals surface area contributed by atoms with Gasteiger partial charge in [-0.25, -0.2) is 0 Å². The average Bonchev–Trinajstić information content (AvgIpc) is 2.32. The van der Waals surface area contributed by atoms with Crippen molar-refractivity contribution in [1.82, 2.24) is 0 Å². The Hall–Kier alpha value is -2.30. The van der Waals surface area contributed by atoms with E-state index in [4.69, 9.17) is 15.6 Å². The quantitative estimate of drug-likeness (QED) is 0.750. The van der Waals surface area contributed by atoms with Crippen molar-refractivity contribution >= 4 is 5.69 Å². The number of nitriles is 2. The topological polar surface area (TPSA) is 79.8 Å². The van der Waals surface area contributed by atoms with E-state index in [1.165, 1.54) is 6.20 Å². The number of aryl methyl sites for hydroxylation is 1. The highest BCUT2D eigenvalue weighted by atomic mass is 16.3. The molecule has 0 saturated carbocycles. The van der Waals surface area contributed by atoms with E-state index < -0.39 is 0 Å². The highest BCUT2D eigenvalue weighted by Gasteiger charge is 1.99. The van der Waals surface area contributed by atoms with Crippen LogP contribution >= 0.6 is 0 Å². The molecule has 16 heavy (non-hydrogen) atoms. The molecule has 1 aromatic rings. The molecule has 0 aliphatic rings. The van der Waals surface area contributed by atoms with Crippen molar-refractivity contribution in [3.63, 3.8) is 0 Å². The van der Waals surface area contributed by atoms with Crippen molar-refractivity contribution in [2.24, 2.45) is 0 Å². The van der Waals surface area contributed by atoms with Gasteiger partial charge in [0.1, 0.15) is 17.7 Å². The third-order valence-electron chi connectivity index (χ3n) is 2.10. The van der Waals surface area contributed by atoms with Gasteiger partial charge in [0.05, 0.1) is 6.61 Å². The van der Waals surface area contributed by atoms with Crippen LogP contribution in [0.25, 0.3) is 0 Å². The lowest BCUT2D eigenvalue weighted by Crippen LogP contribution is -1.94. The van der Waals surface area contributed by atoms with Gasteiger partial charge in [0, 0.05) is 11.9 Å². The van der Waals surface area contributed by atoms with Gasteiger partial charge in [-0.1, -0.05) is 12.1 Å². The lowest BCUT2D eigenvalue weighted by atomic mass is 10.1. The lowest BCUT2D eigenvalue weighted by molar-refractivity contribution is 0.282. The number of benzene rings is 1. The van der Waals surface area contributed by atoms with E-state index >= 15 is 0 Å². The molecule has 0 aliphatic carbocycles. The van der Waals surface area contributed by atoms with Crippen molar-refractivity contribution in [2.45, 2.75) is 13.5 Å². The van der Waals surface area contributed by atoms with Gasteiger partial charge >= 0.3 is 0 Å². The number of nitrogens with one attached hydrogen (secondary N) is 1. The first kappa shape index (κ1) is 11.8. The van der Waals surface area contributed by atoms with Crippen LogP contribution in [0, 0.1) is 29.6 Å². The molecular weight excluding hydrogens is 202 g/mol. The maximum Gasteiger partial charge on any atom is 0.145 e. The first-order chi connectivity index (χ1) is 7.71. The fraction of sp³-hybridized carbons (Fsp3) is 0.167. The van der Waals surface area contributed by atoms with Crippen molar-refractivity contribution < 1.29 is 5.11 Å². The van der Waals surface area contributed by atoms with Crippen LogP contribution in [0.15, 0.2) is 30.0 Å². The van der Waals surface area contributed by atoms with Gasteiger partial charge in [-0.15, -0.1) is 0 Å². The number of aliphatic hydroxyl groups excluding tert-OH is 1. The summed E-state index contributed by atoms with van der Waals surface area (Å²) in [5, 5.41) is 29.0. The third-order valence-corrected chi connectivity index (χ3v) is 2.10. The van der Waals surface area contributed by atoms with Crippen LogP contribution in [0.5, 0.6) is 0 Å². The van der Waals surface area contributed by atoms with E-state index in [1.54, 1.807) is 18.2 Å². The van der Waals surface area contributed by atoms with Crippen LogP contribution in [0.3, 0.4) is 0 Å². The van der Waals surface area contributed by atoms with Crippen LogP contribution in [-0.2, 0) is 6.61 Å². The van der Waals surface area contributed by atoms with E-state index in [0.717, 1.165) is 16.8 Å². The Labute approximate surface area is 94.1 Å². The van der Waals surface area contributed by atoms with E-state index in [0.29, 0.717) is 0 Å². The van der Waals surface area contributed by atoms with E-state index in [9.17, 15) is 0 Å². The van der Waals surface area contributed by atoms with Crippen LogP contribution in [0.4, 0.5) is 5.69 Å². The second-order valence-electron chi connectivity index (χ2n) is 3.23. The maximum atomic E-state index is 8.97. The summed E-state index contributed by atoms with van der Waals surface area (Å²) in [4.78, 5) is 0. The van der Waals surface area contributed by atoms with Crippen LogP contribution in [-0.4, -0.2) is 5.11 Å². The molecule has 0 radical (unpaired) electrons. The molecule has 1 rings (SSSR count). The van der Waals surface area contributed by atoms with Crippen LogP contribution in [0.2, 0.25) is 0 Å². The van der Waals surface area contributed by atoms with Crippen LogP contribution < -0.4 is 5.32 Å². The van der Waals surface area contributed by atoms with Crippen LogP contribution in [0.1, 0.15) is 11.1 Å². The molecule has 0 saturated heterocycles. The van der Waals surface area contributed by atoms with Gasteiger partial charge in [-0.3, -0.25) is 0 Å². The minimum absolute atomic E-state index is 0.00815. The number of allylic oxidation sites excluding steroid dienone is 1. The summed E-state index contributed by atoms with van der Waals surface area (Å²) in [5.41, 5.74) is 2.53. The molecule has 0 atom stereocenters.